The van der Waals surface area contributed by atoms with Crippen LogP contribution in [-0.2, 0) is 14.8 Å². The molecule has 0 radical (unpaired) electrons. The maximum Gasteiger partial charge on any atom is 0.216 e. The fraction of sp³-hybridized carbons (Fsp3) is 0.800. The van der Waals surface area contributed by atoms with Gasteiger partial charge in [0.15, 0.2) is 0 Å². The molecule has 0 aromatic carbocycles. The molecule has 4 nitrogen and oxygen atoms in total. The molecule has 1 aliphatic heterocycles. The van der Waals surface area contributed by atoms with Gasteiger partial charge in [0.05, 0.1) is 11.9 Å². The first-order valence-corrected chi connectivity index (χ1v) is 6.75. The summed E-state index contributed by atoms with van der Waals surface area (Å²) in [4.78, 5) is 0. The lowest BCUT2D eigenvalue weighted by molar-refractivity contribution is -0.0567. The molecule has 15 heavy (non-hydrogen) atoms. The van der Waals surface area contributed by atoms with Crippen molar-refractivity contribution in [3.63, 3.8) is 0 Å². The predicted octanol–water partition coefficient (Wildman–Crippen LogP) is 1.25. The summed E-state index contributed by atoms with van der Waals surface area (Å²) >= 11 is 0. The van der Waals surface area contributed by atoms with Gasteiger partial charge in [-0.1, -0.05) is 13.0 Å². The van der Waals surface area contributed by atoms with Crippen LogP contribution in [0.2, 0.25) is 0 Å². The third-order valence-corrected chi connectivity index (χ3v) is 4.86. The SMILES string of the molecule is C=CC[C@@H](C)[C@H](C)S(=O)(=O)N[C@@H]1CCO1. The molecule has 3 atom stereocenters. The molecule has 0 amide bonds. The van der Waals surface area contributed by atoms with E-state index in [1.807, 2.05) is 6.92 Å². The fourth-order valence-corrected chi connectivity index (χ4v) is 2.87. The van der Waals surface area contributed by atoms with Crippen LogP contribution in [-0.4, -0.2) is 26.5 Å². The van der Waals surface area contributed by atoms with Crippen LogP contribution in [0, 0.1) is 5.92 Å². The molecule has 5 heteroatoms. The van der Waals surface area contributed by atoms with Crippen molar-refractivity contribution in [1.29, 1.82) is 0 Å². The van der Waals surface area contributed by atoms with E-state index >= 15 is 0 Å². The monoisotopic (exact) mass is 233 g/mol. The van der Waals surface area contributed by atoms with Gasteiger partial charge < -0.3 is 4.74 Å². The van der Waals surface area contributed by atoms with Crippen LogP contribution >= 0.6 is 0 Å². The van der Waals surface area contributed by atoms with Gasteiger partial charge in [0.2, 0.25) is 10.0 Å². The molecule has 0 saturated carbocycles. The highest BCUT2D eigenvalue weighted by atomic mass is 32.2. The number of hydrogen-bond donors (Lipinski definition) is 1. The Kier molecular flexibility index (Phi) is 4.31. The molecule has 1 N–H and O–H groups in total. The largest absolute Gasteiger partial charge is 0.362 e. The highest BCUT2D eigenvalue weighted by molar-refractivity contribution is 7.90. The van der Waals surface area contributed by atoms with E-state index in [0.29, 0.717) is 13.0 Å². The highest BCUT2D eigenvalue weighted by Gasteiger charge is 2.30. The number of hydrogen-bond acceptors (Lipinski definition) is 3. The zero-order valence-electron chi connectivity index (χ0n) is 9.27. The van der Waals surface area contributed by atoms with E-state index in [1.165, 1.54) is 0 Å². The van der Waals surface area contributed by atoms with Gasteiger partial charge in [0.25, 0.3) is 0 Å². The molecule has 1 saturated heterocycles. The third kappa shape index (κ3) is 3.29. The van der Waals surface area contributed by atoms with E-state index < -0.39 is 15.3 Å². The van der Waals surface area contributed by atoms with Crippen molar-refractivity contribution in [3.05, 3.63) is 12.7 Å². The normalized spacial score (nSPS) is 25.3. The smallest absolute Gasteiger partial charge is 0.216 e. The Balaban J connectivity index is 2.54. The third-order valence-electron chi connectivity index (χ3n) is 2.82. The quantitative estimate of drug-likeness (QED) is 0.703. The second-order valence-corrected chi connectivity index (χ2v) is 6.09. The van der Waals surface area contributed by atoms with Crippen molar-refractivity contribution in [3.8, 4) is 0 Å². The Morgan fingerprint density at radius 2 is 2.20 bits per heavy atom. The number of rotatable bonds is 6. The molecule has 0 unspecified atom stereocenters. The molecule has 0 aliphatic carbocycles. The van der Waals surface area contributed by atoms with E-state index in [-0.39, 0.29) is 12.1 Å². The second kappa shape index (κ2) is 5.09. The first-order chi connectivity index (χ1) is 6.97. The predicted molar refractivity (Wildman–Crippen MR) is 59.9 cm³/mol. The molecule has 1 fully saturated rings. The van der Waals surface area contributed by atoms with Crippen LogP contribution in [0.1, 0.15) is 26.7 Å². The molecule has 1 aliphatic rings. The second-order valence-electron chi connectivity index (χ2n) is 4.02. The first kappa shape index (κ1) is 12.7. The Hall–Kier alpha value is -0.390. The van der Waals surface area contributed by atoms with E-state index in [2.05, 4.69) is 11.3 Å². The maximum atomic E-state index is 11.8. The van der Waals surface area contributed by atoms with Gasteiger partial charge in [-0.05, 0) is 19.3 Å². The molecule has 1 heterocycles. The number of nitrogens with one attached hydrogen (secondary N) is 1. The lowest BCUT2D eigenvalue weighted by atomic mass is 10.1. The van der Waals surface area contributed by atoms with Gasteiger partial charge in [-0.3, -0.25) is 0 Å². The van der Waals surface area contributed by atoms with Crippen LogP contribution in [0.5, 0.6) is 0 Å². The van der Waals surface area contributed by atoms with Crippen molar-refractivity contribution in [2.24, 2.45) is 5.92 Å². The summed E-state index contributed by atoms with van der Waals surface area (Å²) < 4.78 is 31.2. The zero-order chi connectivity index (χ0) is 11.5. The van der Waals surface area contributed by atoms with Crippen LogP contribution in [0.4, 0.5) is 0 Å². The van der Waals surface area contributed by atoms with Crippen LogP contribution in [0.3, 0.4) is 0 Å². The van der Waals surface area contributed by atoms with Gasteiger partial charge in [0, 0.05) is 6.42 Å². The van der Waals surface area contributed by atoms with Crippen molar-refractivity contribution >= 4 is 10.0 Å². The molecular formula is C10H19NO3S. The maximum absolute atomic E-state index is 11.8. The van der Waals surface area contributed by atoms with E-state index in [4.69, 9.17) is 4.74 Å². The van der Waals surface area contributed by atoms with E-state index in [0.717, 1.165) is 6.42 Å². The minimum Gasteiger partial charge on any atom is -0.362 e. The molecule has 1 rings (SSSR count). The highest BCUT2D eigenvalue weighted by Crippen LogP contribution is 2.18. The van der Waals surface area contributed by atoms with Gasteiger partial charge >= 0.3 is 0 Å². The average Bonchev–Trinajstić information content (AvgIpc) is 2.11. The van der Waals surface area contributed by atoms with Crippen molar-refractivity contribution in [2.45, 2.75) is 38.2 Å². The van der Waals surface area contributed by atoms with Crippen LogP contribution < -0.4 is 4.72 Å². The molecule has 0 spiro atoms. The minimum atomic E-state index is -3.26. The fourth-order valence-electron chi connectivity index (χ4n) is 1.38. The summed E-state index contributed by atoms with van der Waals surface area (Å²) in [5.41, 5.74) is 0. The van der Waals surface area contributed by atoms with Crippen molar-refractivity contribution < 1.29 is 13.2 Å². The summed E-state index contributed by atoms with van der Waals surface area (Å²) in [6.45, 7) is 7.88. The zero-order valence-corrected chi connectivity index (χ0v) is 10.1. The van der Waals surface area contributed by atoms with Crippen LogP contribution in [0.25, 0.3) is 0 Å². The Morgan fingerprint density at radius 3 is 2.60 bits per heavy atom. The lowest BCUT2D eigenvalue weighted by Crippen LogP contribution is -2.48. The summed E-state index contributed by atoms with van der Waals surface area (Å²) in [6.07, 6.45) is 2.90. The molecule has 88 valence electrons. The molecular weight excluding hydrogens is 214 g/mol. The summed E-state index contributed by atoms with van der Waals surface area (Å²) in [6, 6.07) is 0. The summed E-state index contributed by atoms with van der Waals surface area (Å²) in [5, 5.41) is -0.417. The van der Waals surface area contributed by atoms with Crippen molar-refractivity contribution in [1.82, 2.24) is 4.72 Å². The number of ether oxygens (including phenoxy) is 1. The van der Waals surface area contributed by atoms with Gasteiger partial charge in [-0.15, -0.1) is 6.58 Å². The number of sulfonamides is 1. The minimum absolute atomic E-state index is 0.0695. The summed E-state index contributed by atoms with van der Waals surface area (Å²) in [7, 11) is -3.26. The van der Waals surface area contributed by atoms with Gasteiger partial charge in [-0.2, -0.15) is 4.72 Å². The Morgan fingerprint density at radius 1 is 1.60 bits per heavy atom. The van der Waals surface area contributed by atoms with E-state index in [1.54, 1.807) is 13.0 Å². The van der Waals surface area contributed by atoms with Crippen molar-refractivity contribution in [2.75, 3.05) is 6.61 Å². The molecule has 0 bridgehead atoms. The van der Waals surface area contributed by atoms with Gasteiger partial charge in [0.1, 0.15) is 6.23 Å². The number of allylic oxidation sites excluding steroid dienone is 1. The molecule has 0 aromatic rings. The topological polar surface area (TPSA) is 55.4 Å². The first-order valence-electron chi connectivity index (χ1n) is 5.21. The van der Waals surface area contributed by atoms with Gasteiger partial charge in [-0.25, -0.2) is 8.42 Å². The average molecular weight is 233 g/mol. The standard InChI is InChI=1S/C10H19NO3S/c1-4-5-8(2)9(3)15(12,13)11-10-6-7-14-10/h4,8-11H,1,5-7H2,2-3H3/t8-,9+,10+/m1/s1. The van der Waals surface area contributed by atoms with Crippen LogP contribution in [0.15, 0.2) is 12.7 Å². The van der Waals surface area contributed by atoms with E-state index in [9.17, 15) is 8.42 Å². The lowest BCUT2D eigenvalue weighted by Gasteiger charge is -2.29. The Labute approximate surface area is 91.8 Å². The Bertz CT molecular complexity index is 309. The molecule has 0 aromatic heterocycles. The summed E-state index contributed by atoms with van der Waals surface area (Å²) in [5.74, 6) is 0.0695.